The Morgan fingerprint density at radius 1 is 1.41 bits per heavy atom. The number of hydrogen-bond acceptors (Lipinski definition) is 4. The van der Waals surface area contributed by atoms with Gasteiger partial charge in [0.15, 0.2) is 11.3 Å². The van der Waals surface area contributed by atoms with Crippen LogP contribution in [0.2, 0.25) is 0 Å². The maximum absolute atomic E-state index is 11.6. The van der Waals surface area contributed by atoms with Gasteiger partial charge in [-0.15, -0.1) is 0 Å². The SMILES string of the molecule is CNS(=O)(=O)c1ccc(C=[N+]([O-])C(C)(C)C)o1. The summed E-state index contributed by atoms with van der Waals surface area (Å²) in [5.41, 5.74) is -0.602. The van der Waals surface area contributed by atoms with E-state index in [2.05, 4.69) is 4.72 Å². The van der Waals surface area contributed by atoms with Crippen LogP contribution in [0.1, 0.15) is 26.5 Å². The first-order valence-electron chi connectivity index (χ1n) is 5.01. The maximum Gasteiger partial charge on any atom is 0.273 e. The van der Waals surface area contributed by atoms with Crippen LogP contribution in [0.3, 0.4) is 0 Å². The van der Waals surface area contributed by atoms with E-state index in [-0.39, 0.29) is 10.9 Å². The summed E-state index contributed by atoms with van der Waals surface area (Å²) in [5, 5.41) is 11.4. The monoisotopic (exact) mass is 260 g/mol. The molecular weight excluding hydrogens is 244 g/mol. The largest absolute Gasteiger partial charge is 0.623 e. The fraction of sp³-hybridized carbons (Fsp3) is 0.500. The highest BCUT2D eigenvalue weighted by atomic mass is 32.2. The van der Waals surface area contributed by atoms with Crippen LogP contribution in [0.15, 0.2) is 21.6 Å². The summed E-state index contributed by atoms with van der Waals surface area (Å²) in [6.07, 6.45) is 1.22. The number of sulfonamides is 1. The molecule has 0 aliphatic rings. The molecule has 17 heavy (non-hydrogen) atoms. The normalized spacial score (nSPS) is 14.0. The lowest BCUT2D eigenvalue weighted by molar-refractivity contribution is -0.530. The van der Waals surface area contributed by atoms with E-state index in [0.717, 1.165) is 0 Å². The molecule has 0 atom stereocenters. The van der Waals surface area contributed by atoms with Crippen LogP contribution in [-0.2, 0) is 10.0 Å². The lowest BCUT2D eigenvalue weighted by Gasteiger charge is -2.17. The van der Waals surface area contributed by atoms with Gasteiger partial charge in [-0.2, -0.15) is 0 Å². The Morgan fingerprint density at radius 2 is 2.00 bits per heavy atom. The van der Waals surface area contributed by atoms with Gasteiger partial charge in [0, 0.05) is 20.8 Å². The van der Waals surface area contributed by atoms with E-state index in [4.69, 9.17) is 4.42 Å². The Bertz CT molecular complexity index is 523. The van der Waals surface area contributed by atoms with Crippen molar-refractivity contribution in [2.45, 2.75) is 31.4 Å². The molecule has 1 aromatic heterocycles. The molecule has 0 saturated carbocycles. The summed E-state index contributed by atoms with van der Waals surface area (Å²) in [7, 11) is -2.32. The van der Waals surface area contributed by atoms with E-state index in [0.29, 0.717) is 4.74 Å². The minimum absolute atomic E-state index is 0.198. The Kier molecular flexibility index (Phi) is 3.63. The first kappa shape index (κ1) is 13.7. The third-order valence-corrected chi connectivity index (χ3v) is 3.33. The van der Waals surface area contributed by atoms with Crippen LogP contribution >= 0.6 is 0 Å². The topological polar surface area (TPSA) is 85.4 Å². The minimum atomic E-state index is -3.61. The van der Waals surface area contributed by atoms with Gasteiger partial charge in [0.1, 0.15) is 0 Å². The Hall–Kier alpha value is -1.34. The van der Waals surface area contributed by atoms with Gasteiger partial charge in [-0.1, -0.05) is 0 Å². The van der Waals surface area contributed by atoms with Crippen molar-refractivity contribution in [1.82, 2.24) is 4.72 Å². The number of nitrogens with one attached hydrogen (secondary N) is 1. The summed E-state index contributed by atoms with van der Waals surface area (Å²) < 4.78 is 30.7. The van der Waals surface area contributed by atoms with Crippen molar-refractivity contribution in [2.24, 2.45) is 0 Å². The van der Waals surface area contributed by atoms with E-state index in [1.165, 1.54) is 25.4 Å². The smallest absolute Gasteiger partial charge is 0.273 e. The van der Waals surface area contributed by atoms with Crippen LogP contribution in [0.25, 0.3) is 0 Å². The van der Waals surface area contributed by atoms with Crippen LogP contribution in [0, 0.1) is 5.21 Å². The second kappa shape index (κ2) is 4.50. The lowest BCUT2D eigenvalue weighted by Crippen LogP contribution is -2.29. The van der Waals surface area contributed by atoms with Gasteiger partial charge in [0.2, 0.25) is 11.3 Å². The number of hydrogen-bond donors (Lipinski definition) is 1. The predicted molar refractivity (Wildman–Crippen MR) is 63.5 cm³/mol. The van der Waals surface area contributed by atoms with Crippen molar-refractivity contribution in [3.63, 3.8) is 0 Å². The van der Waals surface area contributed by atoms with Crippen LogP contribution < -0.4 is 4.72 Å². The molecule has 0 amide bonds. The highest BCUT2D eigenvalue weighted by Gasteiger charge is 2.20. The molecule has 1 rings (SSSR count). The van der Waals surface area contributed by atoms with Gasteiger partial charge in [0.25, 0.3) is 10.0 Å². The van der Waals surface area contributed by atoms with Gasteiger partial charge in [-0.3, -0.25) is 0 Å². The Morgan fingerprint density at radius 3 is 2.47 bits per heavy atom. The van der Waals surface area contributed by atoms with Crippen molar-refractivity contribution in [1.29, 1.82) is 0 Å². The van der Waals surface area contributed by atoms with Crippen molar-refractivity contribution >= 4 is 16.2 Å². The van der Waals surface area contributed by atoms with Gasteiger partial charge < -0.3 is 9.62 Å². The third-order valence-electron chi connectivity index (χ3n) is 2.04. The van der Waals surface area contributed by atoms with Crippen molar-refractivity contribution in [3.8, 4) is 0 Å². The molecule has 1 N–H and O–H groups in total. The zero-order valence-corrected chi connectivity index (χ0v) is 11.0. The summed E-state index contributed by atoms with van der Waals surface area (Å²) in [6, 6.07) is 2.73. The highest BCUT2D eigenvalue weighted by molar-refractivity contribution is 7.89. The third kappa shape index (κ3) is 3.31. The van der Waals surface area contributed by atoms with Gasteiger partial charge in [-0.05, 0) is 19.2 Å². The first-order valence-corrected chi connectivity index (χ1v) is 6.50. The lowest BCUT2D eigenvalue weighted by atomic mass is 10.1. The molecule has 0 saturated heterocycles. The molecule has 7 heteroatoms. The van der Waals surface area contributed by atoms with Crippen LogP contribution in [0.5, 0.6) is 0 Å². The Balaban J connectivity index is 3.06. The van der Waals surface area contributed by atoms with Gasteiger partial charge >= 0.3 is 0 Å². The second-order valence-electron chi connectivity index (χ2n) is 4.49. The maximum atomic E-state index is 11.6. The van der Waals surface area contributed by atoms with E-state index in [1.54, 1.807) is 20.8 Å². The minimum Gasteiger partial charge on any atom is -0.623 e. The molecule has 1 heterocycles. The zero-order valence-electron chi connectivity index (χ0n) is 10.2. The molecule has 6 nitrogen and oxygen atoms in total. The molecule has 0 unspecified atom stereocenters. The molecule has 0 bridgehead atoms. The summed E-state index contributed by atoms with van der Waals surface area (Å²) >= 11 is 0. The molecule has 0 aliphatic carbocycles. The molecule has 1 aromatic rings. The zero-order chi connectivity index (χ0) is 13.3. The molecule has 0 aliphatic heterocycles. The number of nitrogens with zero attached hydrogens (tertiary/aromatic N) is 1. The number of hydroxylamine groups is 1. The standard InChI is InChI=1S/C10H16N2O4S/c1-10(2,3)12(13)7-8-5-6-9(16-8)17(14,15)11-4/h5-7,11H,1-4H3. The molecule has 0 fully saturated rings. The fourth-order valence-electron chi connectivity index (χ4n) is 0.958. The predicted octanol–water partition coefficient (Wildman–Crippen LogP) is 0.915. The van der Waals surface area contributed by atoms with Gasteiger partial charge in [0.05, 0.1) is 0 Å². The average molecular weight is 260 g/mol. The average Bonchev–Trinajstić information content (AvgIpc) is 2.65. The van der Waals surface area contributed by atoms with E-state index in [9.17, 15) is 13.6 Å². The molecule has 96 valence electrons. The van der Waals surface area contributed by atoms with E-state index in [1.807, 2.05) is 0 Å². The summed E-state index contributed by atoms with van der Waals surface area (Å²) in [4.78, 5) is 0. The summed E-state index contributed by atoms with van der Waals surface area (Å²) in [6.45, 7) is 5.22. The van der Waals surface area contributed by atoms with E-state index < -0.39 is 15.6 Å². The number of furan rings is 1. The highest BCUT2D eigenvalue weighted by Crippen LogP contribution is 2.13. The first-order chi connectivity index (χ1) is 7.66. The number of rotatable bonds is 3. The molecule has 0 aromatic carbocycles. The van der Waals surface area contributed by atoms with Crippen LogP contribution in [0.4, 0.5) is 0 Å². The van der Waals surface area contributed by atoms with Crippen LogP contribution in [-0.4, -0.2) is 32.0 Å². The second-order valence-corrected chi connectivity index (χ2v) is 6.31. The van der Waals surface area contributed by atoms with Gasteiger partial charge in [-0.25, -0.2) is 17.9 Å². The fourth-order valence-corrected chi connectivity index (χ4v) is 1.61. The molecular formula is C10H16N2O4S. The quantitative estimate of drug-likeness (QED) is 0.379. The molecule has 0 spiro atoms. The molecule has 0 radical (unpaired) electrons. The van der Waals surface area contributed by atoms with E-state index >= 15 is 0 Å². The van der Waals surface area contributed by atoms with Crippen molar-refractivity contribution in [2.75, 3.05) is 7.05 Å². The summed E-state index contributed by atoms with van der Waals surface area (Å²) in [5.74, 6) is 0.198. The van der Waals surface area contributed by atoms with Crippen molar-refractivity contribution < 1.29 is 17.6 Å². The Labute approximate surface area is 101 Å². The van der Waals surface area contributed by atoms with Crippen molar-refractivity contribution in [3.05, 3.63) is 23.1 Å².